The molecule has 0 unspecified atom stereocenters. The van der Waals surface area contributed by atoms with E-state index in [2.05, 4.69) is 6.58 Å². The molecule has 0 aliphatic heterocycles. The summed E-state index contributed by atoms with van der Waals surface area (Å²) in [5.74, 6) is -7.68. The molecule has 0 heterocycles. The number of rotatable bonds is 6. The Balaban J connectivity index is 3.43. The summed E-state index contributed by atoms with van der Waals surface area (Å²) < 4.78 is 0. The molecule has 1 aromatic carbocycles. The summed E-state index contributed by atoms with van der Waals surface area (Å²) in [4.78, 5) is 45.7. The highest BCUT2D eigenvalue weighted by Gasteiger charge is 2.29. The van der Waals surface area contributed by atoms with Gasteiger partial charge in [-0.1, -0.05) is 6.58 Å². The zero-order chi connectivity index (χ0) is 17.2. The van der Waals surface area contributed by atoms with Gasteiger partial charge in [-0.3, -0.25) is 14.4 Å². The van der Waals surface area contributed by atoms with Gasteiger partial charge in [0, 0.05) is 0 Å². The SMILES string of the molecule is C=C(C(=O)CC(C)=O)C(=O)c1c(C(=O)O)cc(O)c(O)c1O. The maximum Gasteiger partial charge on any atom is 0.336 e. The fourth-order valence-corrected chi connectivity index (χ4v) is 1.65. The van der Waals surface area contributed by atoms with Crippen molar-refractivity contribution in [3.05, 3.63) is 29.3 Å². The van der Waals surface area contributed by atoms with Crippen LogP contribution in [0.5, 0.6) is 17.2 Å². The fourth-order valence-electron chi connectivity index (χ4n) is 1.65. The van der Waals surface area contributed by atoms with Crippen LogP contribution in [0.3, 0.4) is 0 Å². The first-order valence-electron chi connectivity index (χ1n) is 5.85. The molecule has 0 aromatic heterocycles. The van der Waals surface area contributed by atoms with Crippen molar-refractivity contribution in [1.29, 1.82) is 0 Å². The third-order valence-corrected chi connectivity index (χ3v) is 2.73. The van der Waals surface area contributed by atoms with Gasteiger partial charge < -0.3 is 20.4 Å². The van der Waals surface area contributed by atoms with Gasteiger partial charge in [-0.05, 0) is 13.0 Å². The van der Waals surface area contributed by atoms with Gasteiger partial charge in [-0.15, -0.1) is 0 Å². The van der Waals surface area contributed by atoms with Crippen molar-refractivity contribution in [2.45, 2.75) is 13.3 Å². The van der Waals surface area contributed by atoms with Crippen LogP contribution < -0.4 is 0 Å². The molecule has 8 nitrogen and oxygen atoms in total. The average molecular weight is 308 g/mol. The lowest BCUT2D eigenvalue weighted by Crippen LogP contribution is -2.17. The Morgan fingerprint density at radius 2 is 1.64 bits per heavy atom. The van der Waals surface area contributed by atoms with E-state index in [0.717, 1.165) is 6.92 Å². The van der Waals surface area contributed by atoms with Crippen molar-refractivity contribution in [1.82, 2.24) is 0 Å². The van der Waals surface area contributed by atoms with E-state index in [1.54, 1.807) is 0 Å². The summed E-state index contributed by atoms with van der Waals surface area (Å²) in [5, 5.41) is 37.4. The second-order valence-corrected chi connectivity index (χ2v) is 4.43. The minimum atomic E-state index is -1.68. The average Bonchev–Trinajstić information content (AvgIpc) is 2.41. The molecule has 116 valence electrons. The Kier molecular flexibility index (Phi) is 4.67. The van der Waals surface area contributed by atoms with Crippen LogP contribution in [-0.4, -0.2) is 43.7 Å². The predicted octanol–water partition coefficient (Wildman–Crippen LogP) is 0.789. The van der Waals surface area contributed by atoms with Crippen LogP contribution in [0.2, 0.25) is 0 Å². The van der Waals surface area contributed by atoms with E-state index in [1.807, 2.05) is 0 Å². The summed E-state index contributed by atoms with van der Waals surface area (Å²) in [7, 11) is 0. The summed E-state index contributed by atoms with van der Waals surface area (Å²) in [6.07, 6.45) is -0.613. The molecule has 0 aliphatic carbocycles. The predicted molar refractivity (Wildman–Crippen MR) is 72.2 cm³/mol. The quantitative estimate of drug-likeness (QED) is 0.198. The highest BCUT2D eigenvalue weighted by molar-refractivity contribution is 6.30. The van der Waals surface area contributed by atoms with Crippen LogP contribution in [0.1, 0.15) is 34.1 Å². The molecule has 0 saturated carbocycles. The smallest absolute Gasteiger partial charge is 0.336 e. The summed E-state index contributed by atoms with van der Waals surface area (Å²) >= 11 is 0. The van der Waals surface area contributed by atoms with E-state index < -0.39 is 63.7 Å². The molecule has 1 aromatic rings. The Morgan fingerprint density at radius 1 is 1.09 bits per heavy atom. The molecule has 0 saturated heterocycles. The number of phenols is 3. The summed E-state index contributed by atoms with van der Waals surface area (Å²) in [5.41, 5.74) is -2.45. The second-order valence-electron chi connectivity index (χ2n) is 4.43. The lowest BCUT2D eigenvalue weighted by Gasteiger charge is -2.11. The number of hydrogen-bond acceptors (Lipinski definition) is 7. The minimum absolute atomic E-state index is 0.532. The number of allylic oxidation sites excluding steroid dienone is 1. The van der Waals surface area contributed by atoms with Crippen LogP contribution in [0.25, 0.3) is 0 Å². The number of carbonyl (C=O) groups is 4. The topological polar surface area (TPSA) is 149 Å². The number of aromatic hydroxyl groups is 3. The fraction of sp³-hybridized carbons (Fsp3) is 0.143. The van der Waals surface area contributed by atoms with Crippen molar-refractivity contribution in [3.8, 4) is 17.2 Å². The molecule has 0 bridgehead atoms. The molecular formula is C14H12O8. The molecule has 0 amide bonds. The Morgan fingerprint density at radius 3 is 2.09 bits per heavy atom. The Bertz CT molecular complexity index is 714. The van der Waals surface area contributed by atoms with Crippen molar-refractivity contribution in [3.63, 3.8) is 0 Å². The van der Waals surface area contributed by atoms with Crippen molar-refractivity contribution in [2.75, 3.05) is 0 Å². The number of carboxylic acids is 1. The molecule has 4 N–H and O–H groups in total. The molecule has 0 fully saturated rings. The Labute approximate surface area is 123 Å². The molecule has 0 spiro atoms. The lowest BCUT2D eigenvalue weighted by atomic mass is 9.94. The van der Waals surface area contributed by atoms with Gasteiger partial charge in [0.1, 0.15) is 5.78 Å². The first-order chi connectivity index (χ1) is 10.1. The number of aromatic carboxylic acids is 1. The van der Waals surface area contributed by atoms with E-state index in [0.29, 0.717) is 6.07 Å². The van der Waals surface area contributed by atoms with Crippen molar-refractivity contribution in [2.24, 2.45) is 0 Å². The minimum Gasteiger partial charge on any atom is -0.504 e. The lowest BCUT2D eigenvalue weighted by molar-refractivity contribution is -0.123. The van der Waals surface area contributed by atoms with E-state index in [9.17, 15) is 34.5 Å². The van der Waals surface area contributed by atoms with Gasteiger partial charge in [0.05, 0.1) is 23.1 Å². The normalized spacial score (nSPS) is 10.0. The zero-order valence-corrected chi connectivity index (χ0v) is 11.4. The molecule has 0 atom stereocenters. The number of benzene rings is 1. The number of carbonyl (C=O) groups excluding carboxylic acids is 3. The van der Waals surface area contributed by atoms with E-state index in [-0.39, 0.29) is 0 Å². The molecule has 0 aliphatic rings. The molecule has 0 radical (unpaired) electrons. The van der Waals surface area contributed by atoms with E-state index in [4.69, 9.17) is 5.11 Å². The number of Topliss-reactive ketones (excluding diaryl/α,β-unsaturated/α-hetero) is 3. The second kappa shape index (κ2) is 6.08. The molecule has 22 heavy (non-hydrogen) atoms. The first-order valence-corrected chi connectivity index (χ1v) is 5.85. The third kappa shape index (κ3) is 3.11. The van der Waals surface area contributed by atoms with Crippen LogP contribution in [-0.2, 0) is 9.59 Å². The van der Waals surface area contributed by atoms with Gasteiger partial charge in [0.25, 0.3) is 0 Å². The maximum atomic E-state index is 12.1. The highest BCUT2D eigenvalue weighted by atomic mass is 16.4. The highest BCUT2D eigenvalue weighted by Crippen LogP contribution is 2.40. The van der Waals surface area contributed by atoms with Gasteiger partial charge in [-0.2, -0.15) is 0 Å². The van der Waals surface area contributed by atoms with Gasteiger partial charge in [0.15, 0.2) is 17.3 Å². The number of phenolic OH excluding ortho intramolecular Hbond substituents is 3. The van der Waals surface area contributed by atoms with Crippen LogP contribution in [0.4, 0.5) is 0 Å². The van der Waals surface area contributed by atoms with E-state index >= 15 is 0 Å². The van der Waals surface area contributed by atoms with Crippen LogP contribution in [0.15, 0.2) is 18.2 Å². The van der Waals surface area contributed by atoms with Gasteiger partial charge in [0.2, 0.25) is 11.5 Å². The number of ketones is 3. The van der Waals surface area contributed by atoms with E-state index in [1.165, 1.54) is 0 Å². The van der Waals surface area contributed by atoms with Crippen molar-refractivity contribution < 1.29 is 39.6 Å². The standard InChI is InChI=1S/C14H12O8/c1-5(15)3-8(16)6(2)11(18)10-7(14(21)22)4-9(17)12(19)13(10)20/h4,17,19-20H,2-3H2,1H3,(H,21,22). The molecule has 1 rings (SSSR count). The van der Waals surface area contributed by atoms with Gasteiger partial charge >= 0.3 is 5.97 Å². The third-order valence-electron chi connectivity index (χ3n) is 2.73. The summed E-state index contributed by atoms with van der Waals surface area (Å²) in [6.45, 7) is 4.29. The summed E-state index contributed by atoms with van der Waals surface area (Å²) in [6, 6.07) is 0.549. The zero-order valence-electron chi connectivity index (χ0n) is 11.4. The molecular weight excluding hydrogens is 296 g/mol. The van der Waals surface area contributed by atoms with Gasteiger partial charge in [-0.25, -0.2) is 4.79 Å². The number of hydrogen-bond donors (Lipinski definition) is 4. The largest absolute Gasteiger partial charge is 0.504 e. The maximum absolute atomic E-state index is 12.1. The first kappa shape index (κ1) is 16.9. The number of carboxylic acid groups (broad SMARTS) is 1. The monoisotopic (exact) mass is 308 g/mol. The molecule has 8 heteroatoms. The van der Waals surface area contributed by atoms with Crippen molar-refractivity contribution >= 4 is 23.3 Å². The van der Waals surface area contributed by atoms with Crippen LogP contribution in [0, 0.1) is 0 Å². The Hall–Kier alpha value is -3.16. The van der Waals surface area contributed by atoms with Crippen LogP contribution >= 0.6 is 0 Å².